The average molecular weight is 293 g/mol. The molecule has 1 unspecified atom stereocenters. The molecule has 1 aromatic carbocycles. The Morgan fingerprint density at radius 1 is 1.29 bits per heavy atom. The maximum Gasteiger partial charge on any atom is 0.146 e. The van der Waals surface area contributed by atoms with Gasteiger partial charge in [-0.3, -0.25) is 0 Å². The molecule has 0 aromatic heterocycles. The Labute approximate surface area is 127 Å². The maximum absolute atomic E-state index is 14.4. The lowest BCUT2D eigenvalue weighted by atomic mass is 9.75. The summed E-state index contributed by atoms with van der Waals surface area (Å²) in [6, 6.07) is 5.55. The average Bonchev–Trinajstić information content (AvgIpc) is 2.32. The fraction of sp³-hybridized carbons (Fsp3) is 0.647. The molecule has 0 amide bonds. The normalized spacial score (nSPS) is 18.4. The molecule has 2 N–H and O–H groups in total. The molecule has 21 heavy (non-hydrogen) atoms. The smallest absolute Gasteiger partial charge is 0.146 e. The van der Waals surface area contributed by atoms with E-state index in [2.05, 4.69) is 19.0 Å². The van der Waals surface area contributed by atoms with Crippen molar-refractivity contribution in [2.75, 3.05) is 32.6 Å². The van der Waals surface area contributed by atoms with Crippen LogP contribution in [0.5, 0.6) is 0 Å². The van der Waals surface area contributed by atoms with Crippen LogP contribution in [0.1, 0.15) is 31.7 Å². The van der Waals surface area contributed by atoms with E-state index in [0.29, 0.717) is 12.1 Å². The van der Waals surface area contributed by atoms with Crippen LogP contribution < -0.4 is 10.6 Å². The Kier molecular flexibility index (Phi) is 4.89. The molecule has 1 aromatic rings. The molecule has 3 nitrogen and oxygen atoms in total. The van der Waals surface area contributed by atoms with Gasteiger partial charge in [-0.1, -0.05) is 6.07 Å². The van der Waals surface area contributed by atoms with Gasteiger partial charge >= 0.3 is 0 Å². The topological polar surface area (TPSA) is 32.5 Å². The molecule has 0 radical (unpaired) electrons. The first kappa shape index (κ1) is 16.2. The van der Waals surface area contributed by atoms with E-state index < -0.39 is 0 Å². The van der Waals surface area contributed by atoms with Crippen molar-refractivity contribution < 1.29 is 4.39 Å². The van der Waals surface area contributed by atoms with Gasteiger partial charge in [0.1, 0.15) is 5.82 Å². The summed E-state index contributed by atoms with van der Waals surface area (Å²) in [5.41, 5.74) is 7.62. The van der Waals surface area contributed by atoms with Crippen LogP contribution in [-0.2, 0) is 6.42 Å². The van der Waals surface area contributed by atoms with Gasteiger partial charge in [-0.05, 0) is 64.4 Å². The minimum Gasteiger partial charge on any atom is -0.370 e. The standard InChI is InChI=1S/C17H28FN3/c1-13(19)10-14-6-7-16(15(18)11-14)21(4)12-17(20(2)3)8-5-9-17/h6-7,11,13H,5,8-10,12,19H2,1-4H3. The molecule has 1 aliphatic carbocycles. The third-order valence-corrected chi connectivity index (χ3v) is 4.75. The molecule has 1 aliphatic rings. The Morgan fingerprint density at radius 3 is 2.38 bits per heavy atom. The van der Waals surface area contributed by atoms with Crippen LogP contribution in [0.25, 0.3) is 0 Å². The van der Waals surface area contributed by atoms with Gasteiger partial charge in [0.2, 0.25) is 0 Å². The summed E-state index contributed by atoms with van der Waals surface area (Å²) in [5, 5.41) is 0. The van der Waals surface area contributed by atoms with E-state index in [1.54, 1.807) is 6.07 Å². The van der Waals surface area contributed by atoms with Crippen molar-refractivity contribution in [2.24, 2.45) is 5.73 Å². The molecule has 0 saturated heterocycles. The first-order valence-electron chi connectivity index (χ1n) is 7.77. The number of benzene rings is 1. The number of rotatable bonds is 6. The first-order valence-corrected chi connectivity index (χ1v) is 7.77. The van der Waals surface area contributed by atoms with Gasteiger partial charge in [-0.25, -0.2) is 4.39 Å². The number of nitrogens with two attached hydrogens (primary N) is 1. The fourth-order valence-corrected chi connectivity index (χ4v) is 3.22. The quantitative estimate of drug-likeness (QED) is 0.875. The van der Waals surface area contributed by atoms with E-state index in [9.17, 15) is 4.39 Å². The predicted octanol–water partition coefficient (Wildman–Crippen LogP) is 2.64. The van der Waals surface area contributed by atoms with Crippen LogP contribution >= 0.6 is 0 Å². The molecule has 4 heteroatoms. The summed E-state index contributed by atoms with van der Waals surface area (Å²) in [7, 11) is 6.22. The van der Waals surface area contributed by atoms with Crippen molar-refractivity contribution in [3.8, 4) is 0 Å². The van der Waals surface area contributed by atoms with E-state index in [0.717, 1.165) is 12.1 Å². The molecule has 1 atom stereocenters. The number of anilines is 1. The van der Waals surface area contributed by atoms with Gasteiger partial charge in [0.15, 0.2) is 0 Å². The van der Waals surface area contributed by atoms with E-state index in [4.69, 9.17) is 5.73 Å². The van der Waals surface area contributed by atoms with Gasteiger partial charge in [0.25, 0.3) is 0 Å². The van der Waals surface area contributed by atoms with E-state index in [-0.39, 0.29) is 17.4 Å². The lowest BCUT2D eigenvalue weighted by Crippen LogP contribution is -2.56. The third kappa shape index (κ3) is 3.55. The Morgan fingerprint density at radius 2 is 1.95 bits per heavy atom. The molecule has 0 heterocycles. The Bertz CT molecular complexity index is 481. The zero-order valence-electron chi connectivity index (χ0n) is 13.7. The second-order valence-electron chi connectivity index (χ2n) is 6.80. The summed E-state index contributed by atoms with van der Waals surface area (Å²) >= 11 is 0. The molecule has 0 bridgehead atoms. The van der Waals surface area contributed by atoms with Gasteiger partial charge < -0.3 is 15.5 Å². The summed E-state index contributed by atoms with van der Waals surface area (Å²) < 4.78 is 14.4. The third-order valence-electron chi connectivity index (χ3n) is 4.75. The fourth-order valence-electron chi connectivity index (χ4n) is 3.22. The lowest BCUT2D eigenvalue weighted by molar-refractivity contribution is 0.0682. The van der Waals surface area contributed by atoms with Gasteiger partial charge in [0, 0.05) is 25.2 Å². The largest absolute Gasteiger partial charge is 0.370 e. The molecule has 1 saturated carbocycles. The number of likely N-dealkylation sites (N-methyl/N-ethyl adjacent to an activating group) is 2. The minimum absolute atomic E-state index is 0.0555. The lowest BCUT2D eigenvalue weighted by Gasteiger charge is -2.49. The van der Waals surface area contributed by atoms with Crippen molar-refractivity contribution in [3.05, 3.63) is 29.6 Å². The number of hydrogen-bond donors (Lipinski definition) is 1. The highest BCUT2D eigenvalue weighted by atomic mass is 19.1. The van der Waals surface area contributed by atoms with Crippen LogP contribution in [0, 0.1) is 5.82 Å². The maximum atomic E-state index is 14.4. The van der Waals surface area contributed by atoms with E-state index in [1.165, 1.54) is 19.3 Å². The summed E-state index contributed by atoms with van der Waals surface area (Å²) in [4.78, 5) is 4.33. The minimum atomic E-state index is -0.149. The first-order chi connectivity index (χ1) is 9.84. The molecule has 0 aliphatic heterocycles. The molecular formula is C17H28FN3. The number of halogens is 1. The zero-order chi connectivity index (χ0) is 15.6. The number of nitrogens with zero attached hydrogens (tertiary/aromatic N) is 2. The van der Waals surface area contributed by atoms with Crippen LogP contribution in [0.4, 0.5) is 10.1 Å². The molecule has 118 valence electrons. The van der Waals surface area contributed by atoms with E-state index >= 15 is 0 Å². The van der Waals surface area contributed by atoms with Crippen molar-refractivity contribution in [3.63, 3.8) is 0 Å². The van der Waals surface area contributed by atoms with Crippen LogP contribution in [0.2, 0.25) is 0 Å². The second kappa shape index (κ2) is 6.32. The highest BCUT2D eigenvalue weighted by Crippen LogP contribution is 2.37. The van der Waals surface area contributed by atoms with Crippen LogP contribution in [-0.4, -0.2) is 44.2 Å². The highest BCUT2D eigenvalue weighted by molar-refractivity contribution is 5.49. The van der Waals surface area contributed by atoms with Crippen LogP contribution in [0.3, 0.4) is 0 Å². The SMILES string of the molecule is CC(N)Cc1ccc(N(C)CC2(N(C)C)CCC2)c(F)c1. The monoisotopic (exact) mass is 293 g/mol. The van der Waals surface area contributed by atoms with Crippen molar-refractivity contribution in [1.82, 2.24) is 4.90 Å². The zero-order valence-corrected chi connectivity index (χ0v) is 13.7. The molecule has 0 spiro atoms. The van der Waals surface area contributed by atoms with Crippen molar-refractivity contribution in [2.45, 2.75) is 44.2 Å². The molecule has 1 fully saturated rings. The van der Waals surface area contributed by atoms with E-state index in [1.807, 2.05) is 31.0 Å². The summed E-state index contributed by atoms with van der Waals surface area (Å²) in [6.07, 6.45) is 4.35. The summed E-state index contributed by atoms with van der Waals surface area (Å²) in [5.74, 6) is -0.149. The van der Waals surface area contributed by atoms with Crippen molar-refractivity contribution >= 4 is 5.69 Å². The van der Waals surface area contributed by atoms with Crippen molar-refractivity contribution in [1.29, 1.82) is 0 Å². The predicted molar refractivity (Wildman–Crippen MR) is 87.3 cm³/mol. The number of hydrogen-bond acceptors (Lipinski definition) is 3. The Hall–Kier alpha value is -1.13. The molecular weight excluding hydrogens is 265 g/mol. The Balaban J connectivity index is 2.10. The van der Waals surface area contributed by atoms with Gasteiger partial charge in [0.05, 0.1) is 5.69 Å². The highest BCUT2D eigenvalue weighted by Gasteiger charge is 2.40. The van der Waals surface area contributed by atoms with Crippen LogP contribution in [0.15, 0.2) is 18.2 Å². The summed E-state index contributed by atoms with van der Waals surface area (Å²) in [6.45, 7) is 2.80. The van der Waals surface area contributed by atoms with Gasteiger partial charge in [-0.15, -0.1) is 0 Å². The van der Waals surface area contributed by atoms with Gasteiger partial charge in [-0.2, -0.15) is 0 Å². The second-order valence-corrected chi connectivity index (χ2v) is 6.80. The molecule has 2 rings (SSSR count).